The number of rotatable bonds is 4. The van der Waals surface area contributed by atoms with Crippen molar-refractivity contribution in [2.24, 2.45) is 0 Å². The van der Waals surface area contributed by atoms with E-state index in [2.05, 4.69) is 23.6 Å². The minimum Gasteiger partial charge on any atom is -0.497 e. The van der Waals surface area contributed by atoms with Crippen LogP contribution in [-0.4, -0.2) is 23.5 Å². The zero-order valence-corrected chi connectivity index (χ0v) is 17.8. The van der Waals surface area contributed by atoms with Crippen molar-refractivity contribution >= 4 is 56.5 Å². The number of hydrogen-bond donors (Lipinski definition) is 0. The molecule has 154 valence electrons. The Hall–Kier alpha value is -3.57. The molecule has 0 saturated carbocycles. The number of para-hydroxylation sites is 1. The van der Waals surface area contributed by atoms with Gasteiger partial charge in [0.2, 0.25) is 0 Å². The van der Waals surface area contributed by atoms with Crippen molar-refractivity contribution < 1.29 is 14.3 Å². The zero-order valence-electron chi connectivity index (χ0n) is 17.1. The fourth-order valence-electron chi connectivity index (χ4n) is 4.27. The number of fused-ring (bicyclic) bond motifs is 3. The largest absolute Gasteiger partial charge is 0.497 e. The summed E-state index contributed by atoms with van der Waals surface area (Å²) in [6.45, 7) is 2.91. The summed E-state index contributed by atoms with van der Waals surface area (Å²) in [7, 11) is 1.57. The highest BCUT2D eigenvalue weighted by molar-refractivity contribution is 6.60. The topological polar surface area (TPSA) is 51.5 Å². The molecule has 2 amide bonds. The number of methoxy groups -OCH3 is 1. The van der Waals surface area contributed by atoms with Gasteiger partial charge in [-0.05, 0) is 48.9 Å². The van der Waals surface area contributed by atoms with Gasteiger partial charge in [-0.15, -0.1) is 0 Å². The number of amides is 2. The van der Waals surface area contributed by atoms with Crippen LogP contribution in [0, 0.1) is 0 Å². The fraction of sp³-hybridized carbons (Fsp3) is 0.120. The first kappa shape index (κ1) is 19.4. The Morgan fingerprint density at radius 2 is 1.58 bits per heavy atom. The van der Waals surface area contributed by atoms with Crippen LogP contribution in [0.4, 0.5) is 5.69 Å². The van der Waals surface area contributed by atoms with Crippen molar-refractivity contribution in [2.75, 3.05) is 12.0 Å². The molecule has 2 heterocycles. The maximum absolute atomic E-state index is 13.3. The maximum atomic E-state index is 13.3. The van der Waals surface area contributed by atoms with Crippen molar-refractivity contribution in [1.82, 2.24) is 4.57 Å². The van der Waals surface area contributed by atoms with E-state index in [1.165, 1.54) is 0 Å². The van der Waals surface area contributed by atoms with Crippen LogP contribution in [0.3, 0.4) is 0 Å². The smallest absolute Gasteiger partial charge is 0.277 e. The second-order valence-electron chi connectivity index (χ2n) is 7.33. The van der Waals surface area contributed by atoms with Crippen LogP contribution < -0.4 is 9.64 Å². The summed E-state index contributed by atoms with van der Waals surface area (Å²) in [5.74, 6) is -0.290. The molecule has 31 heavy (non-hydrogen) atoms. The molecular formula is C25H19ClN2O3. The molecule has 0 unspecified atom stereocenters. The Labute approximate surface area is 184 Å². The van der Waals surface area contributed by atoms with Crippen molar-refractivity contribution in [3.05, 3.63) is 77.3 Å². The molecule has 0 atom stereocenters. The van der Waals surface area contributed by atoms with Gasteiger partial charge in [0.1, 0.15) is 10.8 Å². The molecule has 1 aromatic heterocycles. The Morgan fingerprint density at radius 1 is 0.871 bits per heavy atom. The quantitative estimate of drug-likeness (QED) is 0.410. The highest BCUT2D eigenvalue weighted by Gasteiger charge is 2.39. The molecule has 3 aromatic carbocycles. The second kappa shape index (κ2) is 7.29. The van der Waals surface area contributed by atoms with Gasteiger partial charge in [0.15, 0.2) is 0 Å². The number of imide groups is 1. The monoisotopic (exact) mass is 430 g/mol. The van der Waals surface area contributed by atoms with Gasteiger partial charge in [0, 0.05) is 28.4 Å². The molecule has 1 aliphatic heterocycles. The van der Waals surface area contributed by atoms with E-state index in [4.69, 9.17) is 16.3 Å². The van der Waals surface area contributed by atoms with Gasteiger partial charge < -0.3 is 9.30 Å². The molecule has 0 spiro atoms. The Bertz CT molecular complexity index is 1400. The van der Waals surface area contributed by atoms with Gasteiger partial charge >= 0.3 is 0 Å². The second-order valence-corrected chi connectivity index (χ2v) is 7.70. The zero-order chi connectivity index (χ0) is 21.7. The number of benzene rings is 3. The standard InChI is InChI=1S/C25H19ClN2O3/c1-3-27-20-7-5-4-6-18(20)19-14-16(10-13-21(19)27)28-24(29)22(23(26)25(28)30)15-8-11-17(31-2)12-9-15/h4-14H,3H2,1-2H3. The number of anilines is 1. The van der Waals surface area contributed by atoms with Gasteiger partial charge in [-0.1, -0.05) is 41.9 Å². The Kier molecular flexibility index (Phi) is 4.56. The third-order valence-corrected chi connectivity index (χ3v) is 6.09. The van der Waals surface area contributed by atoms with Crippen molar-refractivity contribution in [1.29, 1.82) is 0 Å². The highest BCUT2D eigenvalue weighted by Crippen LogP contribution is 2.38. The van der Waals surface area contributed by atoms with Crippen LogP contribution in [-0.2, 0) is 16.1 Å². The first-order valence-electron chi connectivity index (χ1n) is 9.99. The van der Waals surface area contributed by atoms with Crippen LogP contribution in [0.5, 0.6) is 5.75 Å². The lowest BCUT2D eigenvalue weighted by molar-refractivity contribution is -0.119. The van der Waals surface area contributed by atoms with E-state index in [-0.39, 0.29) is 10.6 Å². The minimum atomic E-state index is -0.518. The van der Waals surface area contributed by atoms with Gasteiger partial charge in [-0.25, -0.2) is 4.90 Å². The molecule has 6 heteroatoms. The van der Waals surface area contributed by atoms with Crippen LogP contribution >= 0.6 is 11.6 Å². The van der Waals surface area contributed by atoms with E-state index in [1.807, 2.05) is 24.3 Å². The molecule has 0 radical (unpaired) electrons. The summed E-state index contributed by atoms with van der Waals surface area (Å²) in [5.41, 5.74) is 3.45. The lowest BCUT2D eigenvalue weighted by Crippen LogP contribution is -2.31. The number of aromatic nitrogens is 1. The van der Waals surface area contributed by atoms with Gasteiger partial charge in [0.05, 0.1) is 18.4 Å². The number of halogens is 1. The molecule has 5 rings (SSSR count). The molecule has 5 nitrogen and oxygen atoms in total. The molecule has 0 fully saturated rings. The summed E-state index contributed by atoms with van der Waals surface area (Å²) in [6.07, 6.45) is 0. The summed E-state index contributed by atoms with van der Waals surface area (Å²) >= 11 is 6.35. The number of aryl methyl sites for hydroxylation is 1. The van der Waals surface area contributed by atoms with Crippen LogP contribution in [0.25, 0.3) is 27.4 Å². The third-order valence-electron chi connectivity index (χ3n) is 5.74. The van der Waals surface area contributed by atoms with Gasteiger partial charge in [0.25, 0.3) is 11.8 Å². The highest BCUT2D eigenvalue weighted by atomic mass is 35.5. The first-order valence-corrected chi connectivity index (χ1v) is 10.4. The van der Waals surface area contributed by atoms with E-state index in [9.17, 15) is 9.59 Å². The first-order chi connectivity index (χ1) is 15.0. The van der Waals surface area contributed by atoms with Crippen molar-refractivity contribution in [3.8, 4) is 5.75 Å². The van der Waals surface area contributed by atoms with Crippen LogP contribution in [0.2, 0.25) is 0 Å². The third kappa shape index (κ3) is 2.85. The predicted octanol–water partition coefficient (Wildman–Crippen LogP) is 5.35. The number of hydrogen-bond acceptors (Lipinski definition) is 3. The molecule has 0 bridgehead atoms. The average Bonchev–Trinajstić information content (AvgIpc) is 3.24. The Morgan fingerprint density at radius 3 is 2.29 bits per heavy atom. The van der Waals surface area contributed by atoms with Gasteiger partial charge in [-0.3, -0.25) is 9.59 Å². The predicted molar refractivity (Wildman–Crippen MR) is 123 cm³/mol. The Balaban J connectivity index is 1.61. The SMILES string of the molecule is CCn1c2ccccc2c2cc(N3C(=O)C(Cl)=C(c4ccc(OC)cc4)C3=O)ccc21. The molecular weight excluding hydrogens is 412 g/mol. The van der Waals surface area contributed by atoms with Crippen LogP contribution in [0.15, 0.2) is 71.8 Å². The molecule has 1 aliphatic rings. The lowest BCUT2D eigenvalue weighted by Gasteiger charge is -2.15. The van der Waals surface area contributed by atoms with E-state index in [1.54, 1.807) is 37.4 Å². The van der Waals surface area contributed by atoms with Gasteiger partial charge in [-0.2, -0.15) is 0 Å². The van der Waals surface area contributed by atoms with E-state index >= 15 is 0 Å². The van der Waals surface area contributed by atoms with Crippen LogP contribution in [0.1, 0.15) is 12.5 Å². The lowest BCUT2D eigenvalue weighted by atomic mass is 10.1. The number of ether oxygens (including phenoxy) is 1. The normalized spacial score (nSPS) is 14.4. The van der Waals surface area contributed by atoms with Crippen molar-refractivity contribution in [3.63, 3.8) is 0 Å². The van der Waals surface area contributed by atoms with Crippen molar-refractivity contribution in [2.45, 2.75) is 13.5 Å². The maximum Gasteiger partial charge on any atom is 0.277 e. The average molecular weight is 431 g/mol. The summed E-state index contributed by atoms with van der Waals surface area (Å²) in [4.78, 5) is 27.4. The molecule has 0 N–H and O–H groups in total. The van der Waals surface area contributed by atoms with E-state index in [0.29, 0.717) is 17.0 Å². The molecule has 0 saturated heterocycles. The minimum absolute atomic E-state index is 0.0775. The number of carbonyl (C=O) groups excluding carboxylic acids is 2. The summed E-state index contributed by atoms with van der Waals surface area (Å²) in [6, 6.07) is 20.7. The molecule has 0 aliphatic carbocycles. The molecule has 4 aromatic rings. The summed E-state index contributed by atoms with van der Waals surface area (Å²) in [5, 5.41) is 1.99. The fourth-order valence-corrected chi connectivity index (χ4v) is 4.54. The number of nitrogens with zero attached hydrogens (tertiary/aromatic N) is 2. The van der Waals surface area contributed by atoms with E-state index in [0.717, 1.165) is 33.3 Å². The van der Waals surface area contributed by atoms with E-state index < -0.39 is 11.8 Å². The summed E-state index contributed by atoms with van der Waals surface area (Å²) < 4.78 is 7.39. The number of carbonyl (C=O) groups is 2.